The van der Waals surface area contributed by atoms with Gasteiger partial charge in [-0.05, 0) is 25.0 Å². The molecule has 22 heavy (non-hydrogen) atoms. The number of nitrogens with zero attached hydrogens (tertiary/aromatic N) is 1. The highest BCUT2D eigenvalue weighted by Crippen LogP contribution is 2.36. The first-order valence-electron chi connectivity index (χ1n) is 6.62. The van der Waals surface area contributed by atoms with Gasteiger partial charge in [-0.1, -0.05) is 18.2 Å². The number of hydrogen-bond acceptors (Lipinski definition) is 6. The van der Waals surface area contributed by atoms with Crippen LogP contribution in [0, 0.1) is 0 Å². The zero-order valence-electron chi connectivity index (χ0n) is 11.3. The van der Waals surface area contributed by atoms with Crippen LogP contribution in [-0.4, -0.2) is 48.1 Å². The second-order valence-electron chi connectivity index (χ2n) is 5.09. The molecule has 3 rings (SSSR count). The largest absolute Gasteiger partial charge is 0.443 e. The topological polar surface area (TPSA) is 110 Å². The number of hydrogen-bond donors (Lipinski definition) is 1. The van der Waals surface area contributed by atoms with Crippen LogP contribution >= 0.6 is 0 Å². The minimum absolute atomic E-state index is 0.251. The average molecular weight is 327 g/mol. The molecule has 1 aliphatic carbocycles. The third-order valence-electron chi connectivity index (χ3n) is 3.73. The fraction of sp³-hybridized carbons (Fsp3) is 0.385. The van der Waals surface area contributed by atoms with E-state index < -0.39 is 40.6 Å². The highest BCUT2D eigenvalue weighted by molar-refractivity contribution is 7.80. The molecule has 2 fully saturated rings. The van der Waals surface area contributed by atoms with Gasteiger partial charge in [-0.15, -0.1) is 0 Å². The maximum atomic E-state index is 12.5. The van der Waals surface area contributed by atoms with E-state index in [9.17, 15) is 18.0 Å². The van der Waals surface area contributed by atoms with Gasteiger partial charge >= 0.3 is 16.5 Å². The van der Waals surface area contributed by atoms with Gasteiger partial charge < -0.3 is 4.74 Å². The van der Waals surface area contributed by atoms with E-state index in [1.54, 1.807) is 18.2 Å². The van der Waals surface area contributed by atoms with Crippen molar-refractivity contribution in [1.82, 2.24) is 4.90 Å². The van der Waals surface area contributed by atoms with Crippen molar-refractivity contribution in [3.63, 3.8) is 0 Å². The molecule has 118 valence electrons. The van der Waals surface area contributed by atoms with E-state index in [-0.39, 0.29) is 12.0 Å². The molecule has 3 unspecified atom stereocenters. The SMILES string of the molecule is O=C1OC2CCC(OS(=O)(=O)O)C2N1C(=O)c1ccccc1. The summed E-state index contributed by atoms with van der Waals surface area (Å²) in [5.41, 5.74) is 0.276. The van der Waals surface area contributed by atoms with Gasteiger partial charge in [0.25, 0.3) is 5.91 Å². The Morgan fingerprint density at radius 1 is 1.27 bits per heavy atom. The predicted octanol–water partition coefficient (Wildman–Crippen LogP) is 0.998. The van der Waals surface area contributed by atoms with Crippen LogP contribution in [-0.2, 0) is 19.3 Å². The normalized spacial score (nSPS) is 27.6. The molecule has 1 saturated heterocycles. The molecule has 9 heteroatoms. The van der Waals surface area contributed by atoms with Crippen LogP contribution in [0.2, 0.25) is 0 Å². The zero-order chi connectivity index (χ0) is 15.9. The molecule has 1 N–H and O–H groups in total. The van der Waals surface area contributed by atoms with Gasteiger partial charge in [-0.2, -0.15) is 8.42 Å². The molecule has 8 nitrogen and oxygen atoms in total. The Bertz CT molecular complexity index is 702. The Morgan fingerprint density at radius 2 is 1.95 bits per heavy atom. The standard InChI is InChI=1S/C13H13NO7S/c15-12(8-4-2-1-3-5-8)14-11-9(20-13(14)16)6-7-10(11)21-22(17,18)19/h1-5,9-11H,6-7H2,(H,17,18,19). The summed E-state index contributed by atoms with van der Waals surface area (Å²) < 4.78 is 40.3. The lowest BCUT2D eigenvalue weighted by Gasteiger charge is -2.23. The maximum absolute atomic E-state index is 12.5. The molecule has 1 aromatic rings. The molecular weight excluding hydrogens is 314 g/mol. The molecular formula is C13H13NO7S. The van der Waals surface area contributed by atoms with Crippen molar-refractivity contribution >= 4 is 22.4 Å². The number of imide groups is 1. The Labute approximate surface area is 126 Å². The van der Waals surface area contributed by atoms with Crippen LogP contribution in [0.5, 0.6) is 0 Å². The maximum Gasteiger partial charge on any atom is 0.417 e. The lowest BCUT2D eigenvalue weighted by Crippen LogP contribution is -2.46. The van der Waals surface area contributed by atoms with Crippen molar-refractivity contribution in [3.05, 3.63) is 35.9 Å². The first-order valence-corrected chi connectivity index (χ1v) is 7.98. The average Bonchev–Trinajstić information content (AvgIpc) is 2.97. The predicted molar refractivity (Wildman–Crippen MR) is 72.3 cm³/mol. The van der Waals surface area contributed by atoms with Crippen molar-refractivity contribution in [3.8, 4) is 0 Å². The van der Waals surface area contributed by atoms with E-state index in [0.29, 0.717) is 6.42 Å². The number of fused-ring (bicyclic) bond motifs is 1. The van der Waals surface area contributed by atoms with Crippen LogP contribution < -0.4 is 0 Å². The zero-order valence-corrected chi connectivity index (χ0v) is 12.1. The van der Waals surface area contributed by atoms with Gasteiger partial charge in [0.1, 0.15) is 18.2 Å². The van der Waals surface area contributed by atoms with Gasteiger partial charge in [0.15, 0.2) is 0 Å². The molecule has 3 atom stereocenters. The summed E-state index contributed by atoms with van der Waals surface area (Å²) >= 11 is 0. The van der Waals surface area contributed by atoms with E-state index in [4.69, 9.17) is 9.29 Å². The van der Waals surface area contributed by atoms with E-state index in [0.717, 1.165) is 4.90 Å². The minimum Gasteiger partial charge on any atom is -0.443 e. The summed E-state index contributed by atoms with van der Waals surface area (Å²) in [6, 6.07) is 7.22. The second-order valence-corrected chi connectivity index (χ2v) is 6.14. The molecule has 0 bridgehead atoms. The summed E-state index contributed by atoms with van der Waals surface area (Å²) in [6.07, 6.45) is -1.88. The first kappa shape index (κ1) is 14.9. The Hall–Kier alpha value is -1.97. The highest BCUT2D eigenvalue weighted by atomic mass is 32.3. The molecule has 1 heterocycles. The second kappa shape index (κ2) is 5.34. The number of ether oxygens (including phenoxy) is 1. The summed E-state index contributed by atoms with van der Waals surface area (Å²) in [4.78, 5) is 25.3. The van der Waals surface area contributed by atoms with Gasteiger partial charge in [-0.25, -0.2) is 13.9 Å². The first-order chi connectivity index (χ1) is 10.4. The Kier molecular flexibility index (Phi) is 3.63. The quantitative estimate of drug-likeness (QED) is 0.824. The van der Waals surface area contributed by atoms with Gasteiger partial charge in [0, 0.05) is 5.56 Å². The highest BCUT2D eigenvalue weighted by Gasteiger charge is 2.54. The number of benzene rings is 1. The molecule has 1 aromatic carbocycles. The van der Waals surface area contributed by atoms with Gasteiger partial charge in [0.05, 0.1) is 0 Å². The Balaban J connectivity index is 1.89. The molecule has 2 amide bonds. The third-order valence-corrected chi connectivity index (χ3v) is 4.22. The summed E-state index contributed by atoms with van der Waals surface area (Å²) in [7, 11) is -4.68. The third kappa shape index (κ3) is 2.70. The van der Waals surface area contributed by atoms with E-state index in [1.807, 2.05) is 0 Å². The summed E-state index contributed by atoms with van der Waals surface area (Å²) in [6.45, 7) is 0. The molecule has 0 spiro atoms. The van der Waals surface area contributed by atoms with Crippen molar-refractivity contribution in [2.24, 2.45) is 0 Å². The molecule has 2 aliphatic rings. The van der Waals surface area contributed by atoms with Crippen LogP contribution in [0.4, 0.5) is 4.79 Å². The van der Waals surface area contributed by atoms with E-state index >= 15 is 0 Å². The van der Waals surface area contributed by atoms with Crippen LogP contribution in [0.25, 0.3) is 0 Å². The number of rotatable bonds is 3. The number of carbonyl (C=O) groups is 2. The number of carbonyl (C=O) groups excluding carboxylic acids is 2. The molecule has 1 aliphatic heterocycles. The molecule has 1 saturated carbocycles. The van der Waals surface area contributed by atoms with Crippen molar-refractivity contribution in [2.45, 2.75) is 31.1 Å². The molecule has 0 radical (unpaired) electrons. The van der Waals surface area contributed by atoms with E-state index in [1.165, 1.54) is 12.1 Å². The van der Waals surface area contributed by atoms with Crippen LogP contribution in [0.15, 0.2) is 30.3 Å². The van der Waals surface area contributed by atoms with Crippen molar-refractivity contribution in [2.75, 3.05) is 0 Å². The van der Waals surface area contributed by atoms with Crippen molar-refractivity contribution < 1.29 is 31.5 Å². The van der Waals surface area contributed by atoms with Crippen LogP contribution in [0.3, 0.4) is 0 Å². The van der Waals surface area contributed by atoms with Gasteiger partial charge in [0.2, 0.25) is 0 Å². The lowest BCUT2D eigenvalue weighted by atomic mass is 10.1. The molecule has 0 aromatic heterocycles. The summed E-state index contributed by atoms with van der Waals surface area (Å²) in [5, 5.41) is 0. The fourth-order valence-electron chi connectivity index (χ4n) is 2.88. The van der Waals surface area contributed by atoms with E-state index in [2.05, 4.69) is 4.18 Å². The Morgan fingerprint density at radius 3 is 2.59 bits per heavy atom. The number of amides is 2. The lowest BCUT2D eigenvalue weighted by molar-refractivity contribution is 0.0655. The fourth-order valence-corrected chi connectivity index (χ4v) is 3.40. The van der Waals surface area contributed by atoms with Gasteiger partial charge in [-0.3, -0.25) is 9.35 Å². The summed E-state index contributed by atoms with van der Waals surface area (Å²) in [5.74, 6) is -0.594. The monoisotopic (exact) mass is 327 g/mol. The van der Waals surface area contributed by atoms with Crippen LogP contribution in [0.1, 0.15) is 23.2 Å². The minimum atomic E-state index is -4.68. The smallest absolute Gasteiger partial charge is 0.417 e. The van der Waals surface area contributed by atoms with Crippen molar-refractivity contribution in [1.29, 1.82) is 0 Å².